The second-order valence-electron chi connectivity index (χ2n) is 6.73. The Morgan fingerprint density at radius 1 is 1.13 bits per heavy atom. The fraction of sp³-hybridized carbons (Fsp3) is 0.286. The van der Waals surface area contributed by atoms with Crippen LogP contribution in [0.3, 0.4) is 0 Å². The summed E-state index contributed by atoms with van der Waals surface area (Å²) in [4.78, 5) is 30.9. The van der Waals surface area contributed by atoms with Gasteiger partial charge in [0, 0.05) is 31.1 Å². The van der Waals surface area contributed by atoms with Crippen LogP contribution in [0.2, 0.25) is 0 Å². The van der Waals surface area contributed by atoms with Crippen LogP contribution in [0.5, 0.6) is 5.75 Å². The third-order valence-electron chi connectivity index (χ3n) is 5.01. The van der Waals surface area contributed by atoms with Crippen molar-refractivity contribution in [3.8, 4) is 5.75 Å². The summed E-state index contributed by atoms with van der Waals surface area (Å²) in [6.45, 7) is 5.29. The number of thiazole rings is 1. The van der Waals surface area contributed by atoms with E-state index in [2.05, 4.69) is 17.9 Å². The molecule has 3 heterocycles. The smallest absolute Gasteiger partial charge is 0.269 e. The van der Waals surface area contributed by atoms with Crippen LogP contribution >= 0.6 is 47.1 Å². The number of anilines is 1. The average Bonchev–Trinajstić information content (AvgIpc) is 3.38. The molecule has 4 rings (SSSR count). The molecule has 1 aromatic heterocycles. The molecule has 10 heteroatoms. The number of aromatic nitrogens is 1. The third-order valence-corrected chi connectivity index (χ3v) is 8.96. The van der Waals surface area contributed by atoms with Crippen molar-refractivity contribution in [2.45, 2.75) is 25.3 Å². The van der Waals surface area contributed by atoms with E-state index in [0.29, 0.717) is 25.0 Å². The molecule has 2 aliphatic rings. The van der Waals surface area contributed by atoms with Gasteiger partial charge >= 0.3 is 0 Å². The molecule has 6 nitrogen and oxygen atoms in total. The average molecular weight is 492 g/mol. The van der Waals surface area contributed by atoms with E-state index >= 15 is 0 Å². The Kier molecular flexibility index (Phi) is 6.34. The highest BCUT2D eigenvalue weighted by Gasteiger charge is 2.31. The number of hydrogen-bond acceptors (Lipinski definition) is 8. The number of hydrogen-bond donors (Lipinski definition) is 0. The molecule has 0 saturated carbocycles. The van der Waals surface area contributed by atoms with E-state index in [9.17, 15) is 9.59 Å². The van der Waals surface area contributed by atoms with Crippen molar-refractivity contribution in [1.29, 1.82) is 0 Å². The maximum atomic E-state index is 13.0. The van der Waals surface area contributed by atoms with Crippen LogP contribution < -0.4 is 24.4 Å². The van der Waals surface area contributed by atoms with Crippen LogP contribution in [-0.2, 0) is 11.3 Å². The van der Waals surface area contributed by atoms with E-state index in [-0.39, 0.29) is 11.5 Å². The standard InChI is InChI=1S/C21H21N3O3S4/c1-5-23-13-11-12(27-4)7-8-14(13)29-16(23)10-9-15-18(25)24(6-2)20(30-15)17-19(26)22(3)21(28)31-17/h7-11H,5-6H2,1-4H3/b15-9-,16-10+,20-17?. The Morgan fingerprint density at radius 2 is 1.90 bits per heavy atom. The molecule has 0 bridgehead atoms. The summed E-state index contributed by atoms with van der Waals surface area (Å²) in [6.07, 6.45) is 3.83. The van der Waals surface area contributed by atoms with Gasteiger partial charge in [0.05, 0.1) is 22.4 Å². The van der Waals surface area contributed by atoms with Gasteiger partial charge in [-0.05, 0) is 38.1 Å². The second kappa shape index (κ2) is 8.85. The van der Waals surface area contributed by atoms with E-state index in [0.717, 1.165) is 27.9 Å². The van der Waals surface area contributed by atoms with Crippen molar-refractivity contribution in [2.24, 2.45) is 0 Å². The number of allylic oxidation sites excluding steroid dienone is 1. The van der Waals surface area contributed by atoms with Crippen LogP contribution in [0.25, 0.3) is 11.0 Å². The normalized spacial score (nSPS) is 19.7. The fourth-order valence-electron chi connectivity index (χ4n) is 3.36. The molecule has 1 fully saturated rings. The summed E-state index contributed by atoms with van der Waals surface area (Å²) in [5.74, 6) is 0.659. The minimum absolute atomic E-state index is 0.0917. The number of ether oxygens (including phenoxy) is 1. The number of benzene rings is 1. The third kappa shape index (κ3) is 3.86. The monoisotopic (exact) mass is 491 g/mol. The number of amides is 1. The molecule has 0 unspecified atom stereocenters. The lowest BCUT2D eigenvalue weighted by molar-refractivity contribution is -0.119. The highest BCUT2D eigenvalue weighted by atomic mass is 32.2. The first-order valence-corrected chi connectivity index (χ1v) is 12.5. The highest BCUT2D eigenvalue weighted by molar-refractivity contribution is 8.30. The first kappa shape index (κ1) is 22.2. The van der Waals surface area contributed by atoms with E-state index in [4.69, 9.17) is 17.0 Å². The fourth-order valence-corrected chi connectivity index (χ4v) is 6.92. The predicted molar refractivity (Wildman–Crippen MR) is 134 cm³/mol. The van der Waals surface area contributed by atoms with Crippen LogP contribution in [0.15, 0.2) is 39.0 Å². The zero-order valence-corrected chi connectivity index (χ0v) is 20.8. The molecule has 0 aliphatic carbocycles. The minimum atomic E-state index is -0.156. The van der Waals surface area contributed by atoms with Crippen molar-refractivity contribution in [2.75, 3.05) is 25.6 Å². The molecule has 1 aromatic carbocycles. The number of fused-ring (bicyclic) bond motifs is 1. The van der Waals surface area contributed by atoms with E-state index in [1.54, 1.807) is 30.5 Å². The molecule has 2 aliphatic heterocycles. The zero-order chi connectivity index (χ0) is 22.3. The zero-order valence-electron chi connectivity index (χ0n) is 17.5. The van der Waals surface area contributed by atoms with Crippen molar-refractivity contribution >= 4 is 74.0 Å². The van der Waals surface area contributed by atoms with E-state index in [1.165, 1.54) is 28.0 Å². The summed E-state index contributed by atoms with van der Waals surface area (Å²) >= 11 is 9.50. The summed E-state index contributed by atoms with van der Waals surface area (Å²) in [5.41, 5.74) is 1.01. The molecular formula is C21H21N3O3S4. The number of carbonyl (C=O) groups excluding carboxylic acids is 1. The molecule has 2 aromatic rings. The van der Waals surface area contributed by atoms with Gasteiger partial charge in [-0.3, -0.25) is 19.1 Å². The molecule has 162 valence electrons. The van der Waals surface area contributed by atoms with Gasteiger partial charge in [0.2, 0.25) is 0 Å². The van der Waals surface area contributed by atoms with Gasteiger partial charge in [-0.2, -0.15) is 0 Å². The Morgan fingerprint density at radius 3 is 2.52 bits per heavy atom. The summed E-state index contributed by atoms with van der Waals surface area (Å²) in [7, 11) is 3.32. The van der Waals surface area contributed by atoms with Crippen LogP contribution in [0.1, 0.15) is 13.8 Å². The van der Waals surface area contributed by atoms with Gasteiger partial charge < -0.3 is 9.64 Å². The van der Waals surface area contributed by atoms with Gasteiger partial charge in [0.1, 0.15) is 19.6 Å². The van der Waals surface area contributed by atoms with E-state index in [1.807, 2.05) is 31.2 Å². The van der Waals surface area contributed by atoms with Crippen LogP contribution in [0.4, 0.5) is 5.69 Å². The molecule has 1 amide bonds. The molecule has 1 saturated heterocycles. The summed E-state index contributed by atoms with van der Waals surface area (Å²) in [5, 5.41) is 1.04. The lowest BCUT2D eigenvalue weighted by Crippen LogP contribution is -2.32. The van der Waals surface area contributed by atoms with Gasteiger partial charge in [-0.1, -0.05) is 35.7 Å². The molecule has 0 atom stereocenters. The first-order chi connectivity index (χ1) is 14.9. The molecule has 0 spiro atoms. The number of rotatable bonds is 4. The number of methoxy groups -OCH3 is 1. The van der Waals surface area contributed by atoms with Crippen LogP contribution in [0, 0.1) is 0 Å². The second-order valence-corrected chi connectivity index (χ2v) is 10.5. The number of thioether (sulfide) groups is 2. The number of carbonyl (C=O) groups is 1. The van der Waals surface area contributed by atoms with Crippen molar-refractivity contribution in [3.63, 3.8) is 0 Å². The maximum Gasteiger partial charge on any atom is 0.269 e. The molecule has 0 N–H and O–H groups in total. The number of thiocarbonyl (C=S) groups is 1. The Hall–Kier alpha value is -2.01. The minimum Gasteiger partial charge on any atom is -0.497 e. The topological polar surface area (TPSA) is 54.8 Å². The van der Waals surface area contributed by atoms with Gasteiger partial charge in [-0.15, -0.1) is 11.3 Å². The largest absolute Gasteiger partial charge is 0.497 e. The van der Waals surface area contributed by atoms with Crippen molar-refractivity contribution in [1.82, 2.24) is 9.47 Å². The molecule has 0 radical (unpaired) electrons. The first-order valence-electron chi connectivity index (χ1n) is 9.68. The summed E-state index contributed by atoms with van der Waals surface area (Å²) in [6, 6.07) is 6.03. The lowest BCUT2D eigenvalue weighted by atomic mass is 10.2. The van der Waals surface area contributed by atoms with Crippen molar-refractivity contribution in [3.05, 3.63) is 48.9 Å². The van der Waals surface area contributed by atoms with Gasteiger partial charge in [0.25, 0.3) is 11.5 Å². The Labute approximate surface area is 197 Å². The lowest BCUT2D eigenvalue weighted by Gasteiger charge is -2.18. The summed E-state index contributed by atoms with van der Waals surface area (Å²) < 4.78 is 8.78. The van der Waals surface area contributed by atoms with Gasteiger partial charge in [-0.25, -0.2) is 0 Å². The molecular weight excluding hydrogens is 471 g/mol. The quantitative estimate of drug-likeness (QED) is 0.610. The van der Waals surface area contributed by atoms with Crippen LogP contribution in [-0.4, -0.2) is 40.4 Å². The molecule has 31 heavy (non-hydrogen) atoms. The predicted octanol–water partition coefficient (Wildman–Crippen LogP) is 2.79. The number of nitrogens with zero attached hydrogens (tertiary/aromatic N) is 3. The van der Waals surface area contributed by atoms with Gasteiger partial charge in [0.15, 0.2) is 0 Å². The Bertz CT molecular complexity index is 1290. The van der Waals surface area contributed by atoms with Crippen molar-refractivity contribution < 1.29 is 9.53 Å². The maximum absolute atomic E-state index is 13.0. The SMILES string of the molecule is CCN1/C(=C\C=c2/sc(=C3SC(=S)N(C)C3=O)n(CC)c2=O)Sc2ccc(OC)cc21. The Balaban J connectivity index is 1.80. The highest BCUT2D eigenvalue weighted by Crippen LogP contribution is 2.47. The van der Waals surface area contributed by atoms with E-state index < -0.39 is 0 Å².